The predicted molar refractivity (Wildman–Crippen MR) is 87.0 cm³/mol. The molecule has 0 saturated carbocycles. The van der Waals surface area contributed by atoms with E-state index < -0.39 is 0 Å². The maximum Gasteiger partial charge on any atom is 0.183 e. The summed E-state index contributed by atoms with van der Waals surface area (Å²) in [4.78, 5) is 4.62. The van der Waals surface area contributed by atoms with E-state index in [1.54, 1.807) is 18.4 Å². The summed E-state index contributed by atoms with van der Waals surface area (Å²) in [6.07, 6.45) is 0. The van der Waals surface area contributed by atoms with Crippen molar-refractivity contribution in [2.24, 2.45) is 0 Å². The van der Waals surface area contributed by atoms with Crippen LogP contribution in [0.15, 0.2) is 34.1 Å². The summed E-state index contributed by atoms with van der Waals surface area (Å²) in [5, 5.41) is 7.37. The quantitative estimate of drug-likeness (QED) is 0.763. The fraction of sp³-hybridized carbons (Fsp3) is 0.312. The van der Waals surface area contributed by atoms with Crippen LogP contribution >= 0.6 is 11.3 Å². The van der Waals surface area contributed by atoms with Crippen LogP contribution in [0.3, 0.4) is 0 Å². The summed E-state index contributed by atoms with van der Waals surface area (Å²) in [5.41, 5.74) is 2.91. The monoisotopic (exact) mass is 302 g/mol. The zero-order chi connectivity index (χ0) is 14.8. The second-order valence-corrected chi connectivity index (χ2v) is 5.95. The summed E-state index contributed by atoms with van der Waals surface area (Å²) in [6.45, 7) is 4.79. The molecule has 1 atom stereocenters. The molecular weight excluding hydrogens is 284 g/mol. The molecule has 0 aliphatic carbocycles. The van der Waals surface area contributed by atoms with Gasteiger partial charge in [-0.3, -0.25) is 0 Å². The first-order valence-corrected chi connectivity index (χ1v) is 7.76. The third kappa shape index (κ3) is 2.80. The average Bonchev–Trinajstić information content (AvgIpc) is 3.05. The van der Waals surface area contributed by atoms with Crippen molar-refractivity contribution in [3.8, 4) is 11.5 Å². The second kappa shape index (κ2) is 5.87. The average molecular weight is 302 g/mol. The molecule has 4 nitrogen and oxygen atoms in total. The van der Waals surface area contributed by atoms with Crippen LogP contribution in [0, 0.1) is 6.92 Å². The van der Waals surface area contributed by atoms with Gasteiger partial charge in [-0.25, -0.2) is 4.98 Å². The van der Waals surface area contributed by atoms with Crippen molar-refractivity contribution in [2.45, 2.75) is 19.9 Å². The van der Waals surface area contributed by atoms with Gasteiger partial charge in [-0.05, 0) is 19.9 Å². The van der Waals surface area contributed by atoms with E-state index in [1.165, 1.54) is 0 Å². The Hall–Kier alpha value is -1.85. The summed E-state index contributed by atoms with van der Waals surface area (Å²) in [5.74, 6) is 0.847. The van der Waals surface area contributed by atoms with E-state index in [2.05, 4.69) is 30.2 Å². The van der Waals surface area contributed by atoms with Gasteiger partial charge < -0.3 is 14.5 Å². The number of aryl methyl sites for hydroxylation is 1. The fourth-order valence-electron chi connectivity index (χ4n) is 2.37. The van der Waals surface area contributed by atoms with E-state index in [0.717, 1.165) is 33.1 Å². The number of furan rings is 1. The standard InChI is InChI=1S/C16H18N2O2S/c1-10(8-19-3)17-16-18-13(9-21-16)15-11(2)12-6-4-5-7-14(12)20-15/h4-7,9-10H,8H2,1-3H3,(H,17,18)/t10-/m0/s1. The maximum atomic E-state index is 5.94. The molecule has 21 heavy (non-hydrogen) atoms. The first-order chi connectivity index (χ1) is 10.2. The highest BCUT2D eigenvalue weighted by molar-refractivity contribution is 7.14. The normalized spacial score (nSPS) is 12.7. The molecule has 0 aliphatic heterocycles. The molecule has 5 heteroatoms. The summed E-state index contributed by atoms with van der Waals surface area (Å²) in [6, 6.07) is 8.29. The highest BCUT2D eigenvalue weighted by atomic mass is 32.1. The molecule has 110 valence electrons. The van der Waals surface area contributed by atoms with Crippen molar-refractivity contribution in [3.05, 3.63) is 35.2 Å². The highest BCUT2D eigenvalue weighted by Crippen LogP contribution is 2.34. The highest BCUT2D eigenvalue weighted by Gasteiger charge is 2.15. The Bertz CT molecular complexity index is 748. The van der Waals surface area contributed by atoms with Crippen LogP contribution in [-0.2, 0) is 4.74 Å². The number of hydrogen-bond donors (Lipinski definition) is 1. The smallest absolute Gasteiger partial charge is 0.183 e. The van der Waals surface area contributed by atoms with Gasteiger partial charge in [0.05, 0.1) is 6.61 Å². The minimum Gasteiger partial charge on any atom is -0.454 e. The molecule has 1 aromatic carbocycles. The number of aromatic nitrogens is 1. The van der Waals surface area contributed by atoms with Crippen molar-refractivity contribution in [3.63, 3.8) is 0 Å². The van der Waals surface area contributed by atoms with E-state index in [-0.39, 0.29) is 6.04 Å². The Morgan fingerprint density at radius 1 is 1.38 bits per heavy atom. The Labute approximate surface area is 127 Å². The van der Waals surface area contributed by atoms with Crippen molar-refractivity contribution in [2.75, 3.05) is 19.0 Å². The third-order valence-electron chi connectivity index (χ3n) is 3.37. The minimum atomic E-state index is 0.228. The van der Waals surface area contributed by atoms with Crippen LogP contribution in [0.25, 0.3) is 22.4 Å². The molecule has 2 aromatic heterocycles. The predicted octanol–water partition coefficient (Wildman–Crippen LogP) is 4.31. The lowest BCUT2D eigenvalue weighted by molar-refractivity contribution is 0.190. The molecule has 0 aliphatic rings. The minimum absolute atomic E-state index is 0.228. The van der Waals surface area contributed by atoms with Crippen LogP contribution in [0.2, 0.25) is 0 Å². The van der Waals surface area contributed by atoms with Gasteiger partial charge in [-0.15, -0.1) is 11.3 Å². The van der Waals surface area contributed by atoms with Crippen LogP contribution in [0.1, 0.15) is 12.5 Å². The van der Waals surface area contributed by atoms with Crippen molar-refractivity contribution in [1.29, 1.82) is 0 Å². The number of nitrogens with zero attached hydrogens (tertiary/aromatic N) is 1. The number of thiazole rings is 1. The number of nitrogens with one attached hydrogen (secondary N) is 1. The molecule has 3 rings (SSSR count). The largest absolute Gasteiger partial charge is 0.454 e. The van der Waals surface area contributed by atoms with E-state index in [0.29, 0.717) is 6.61 Å². The molecule has 0 saturated heterocycles. The summed E-state index contributed by atoms with van der Waals surface area (Å²) >= 11 is 1.58. The molecule has 0 amide bonds. The summed E-state index contributed by atoms with van der Waals surface area (Å²) in [7, 11) is 1.70. The Morgan fingerprint density at radius 2 is 2.19 bits per heavy atom. The number of benzene rings is 1. The maximum absolute atomic E-state index is 5.94. The number of fused-ring (bicyclic) bond motifs is 1. The SMILES string of the molecule is COC[C@H](C)Nc1nc(-c2oc3ccccc3c2C)cs1. The van der Waals surface area contributed by atoms with Crippen LogP contribution in [-0.4, -0.2) is 24.7 Å². The molecule has 0 bridgehead atoms. The molecule has 1 N–H and O–H groups in total. The topological polar surface area (TPSA) is 47.3 Å². The Balaban J connectivity index is 1.89. The molecular formula is C16H18N2O2S. The van der Waals surface area contributed by atoms with Crippen LogP contribution < -0.4 is 5.32 Å². The second-order valence-electron chi connectivity index (χ2n) is 5.09. The first kappa shape index (κ1) is 14.1. The molecule has 0 spiro atoms. The van der Waals surface area contributed by atoms with Gasteiger partial charge in [-0.1, -0.05) is 18.2 Å². The van der Waals surface area contributed by atoms with Crippen molar-refractivity contribution >= 4 is 27.4 Å². The van der Waals surface area contributed by atoms with Gasteiger partial charge in [0.15, 0.2) is 10.9 Å². The number of ether oxygens (including phenoxy) is 1. The lowest BCUT2D eigenvalue weighted by atomic mass is 10.1. The molecule has 0 unspecified atom stereocenters. The number of methoxy groups -OCH3 is 1. The summed E-state index contributed by atoms with van der Waals surface area (Å²) < 4.78 is 11.1. The lowest BCUT2D eigenvalue weighted by Crippen LogP contribution is -2.20. The molecule has 0 radical (unpaired) electrons. The van der Waals surface area contributed by atoms with Gasteiger partial charge in [0.1, 0.15) is 11.3 Å². The number of rotatable bonds is 5. The first-order valence-electron chi connectivity index (χ1n) is 6.88. The number of anilines is 1. The zero-order valence-electron chi connectivity index (χ0n) is 12.3. The molecule has 0 fully saturated rings. The molecule has 3 aromatic rings. The van der Waals surface area contributed by atoms with E-state index in [1.807, 2.05) is 23.6 Å². The van der Waals surface area contributed by atoms with Crippen LogP contribution in [0.4, 0.5) is 5.13 Å². The van der Waals surface area contributed by atoms with E-state index >= 15 is 0 Å². The Kier molecular flexibility index (Phi) is 3.94. The van der Waals surface area contributed by atoms with Gasteiger partial charge in [0, 0.05) is 29.5 Å². The van der Waals surface area contributed by atoms with Gasteiger partial charge in [0.25, 0.3) is 0 Å². The number of hydrogen-bond acceptors (Lipinski definition) is 5. The van der Waals surface area contributed by atoms with Gasteiger partial charge >= 0.3 is 0 Å². The van der Waals surface area contributed by atoms with E-state index in [4.69, 9.17) is 9.15 Å². The zero-order valence-corrected chi connectivity index (χ0v) is 13.2. The lowest BCUT2D eigenvalue weighted by Gasteiger charge is -2.10. The van der Waals surface area contributed by atoms with Crippen LogP contribution in [0.5, 0.6) is 0 Å². The van der Waals surface area contributed by atoms with Gasteiger partial charge in [-0.2, -0.15) is 0 Å². The van der Waals surface area contributed by atoms with Crippen molar-refractivity contribution in [1.82, 2.24) is 4.98 Å². The third-order valence-corrected chi connectivity index (χ3v) is 4.14. The fourth-order valence-corrected chi connectivity index (χ4v) is 3.17. The Morgan fingerprint density at radius 3 is 2.95 bits per heavy atom. The van der Waals surface area contributed by atoms with Gasteiger partial charge in [0.2, 0.25) is 0 Å². The van der Waals surface area contributed by atoms with Crippen molar-refractivity contribution < 1.29 is 9.15 Å². The molecule has 2 heterocycles. The van der Waals surface area contributed by atoms with E-state index in [9.17, 15) is 0 Å². The number of para-hydroxylation sites is 1.